The highest BCUT2D eigenvalue weighted by Crippen LogP contribution is 2.45. The molecule has 1 aliphatic carbocycles. The molecule has 2 atom stereocenters. The first-order valence-electron chi connectivity index (χ1n) is 10.0. The number of thioether (sulfide) groups is 2. The van der Waals surface area contributed by atoms with Crippen molar-refractivity contribution in [1.29, 1.82) is 0 Å². The molecule has 0 spiro atoms. The minimum absolute atomic E-state index is 0.0192. The smallest absolute Gasteiger partial charge is 0.338 e. The van der Waals surface area contributed by atoms with E-state index in [0.29, 0.717) is 10.1 Å². The van der Waals surface area contributed by atoms with E-state index in [1.54, 1.807) is 19.1 Å². The fourth-order valence-corrected chi connectivity index (χ4v) is 6.66. The SMILES string of the molecule is C[C@@H](OC(=O)c1ccc(C2SCCS2)cc1)C(=O)N[C@H]1CCCc2ccccc21. The van der Waals surface area contributed by atoms with Gasteiger partial charge in [-0.15, -0.1) is 23.5 Å². The molecule has 6 heteroatoms. The number of carbonyl (C=O) groups is 2. The van der Waals surface area contributed by atoms with Gasteiger partial charge in [-0.25, -0.2) is 4.79 Å². The summed E-state index contributed by atoms with van der Waals surface area (Å²) in [5, 5.41) is 3.06. The van der Waals surface area contributed by atoms with E-state index in [9.17, 15) is 9.59 Å². The Balaban J connectivity index is 1.34. The molecule has 1 aliphatic heterocycles. The third-order valence-corrected chi connectivity index (χ3v) is 8.48. The monoisotopic (exact) mass is 427 g/mol. The van der Waals surface area contributed by atoms with Gasteiger partial charge in [0.2, 0.25) is 0 Å². The van der Waals surface area contributed by atoms with Gasteiger partial charge in [-0.2, -0.15) is 0 Å². The van der Waals surface area contributed by atoms with Gasteiger partial charge in [-0.3, -0.25) is 4.79 Å². The van der Waals surface area contributed by atoms with Gasteiger partial charge in [0, 0.05) is 11.5 Å². The van der Waals surface area contributed by atoms with Crippen molar-refractivity contribution in [1.82, 2.24) is 5.32 Å². The molecule has 1 heterocycles. The Morgan fingerprint density at radius 2 is 1.79 bits per heavy atom. The van der Waals surface area contributed by atoms with Gasteiger partial charge in [0.05, 0.1) is 16.2 Å². The molecule has 1 fully saturated rings. The predicted octanol–water partition coefficient (Wildman–Crippen LogP) is 4.90. The van der Waals surface area contributed by atoms with Crippen molar-refractivity contribution < 1.29 is 14.3 Å². The van der Waals surface area contributed by atoms with E-state index in [2.05, 4.69) is 17.4 Å². The van der Waals surface area contributed by atoms with E-state index in [4.69, 9.17) is 4.74 Å². The van der Waals surface area contributed by atoms with Gasteiger partial charge in [0.25, 0.3) is 5.91 Å². The third-order valence-electron chi connectivity index (χ3n) is 5.38. The maximum atomic E-state index is 12.6. The molecule has 1 N–H and O–H groups in total. The van der Waals surface area contributed by atoms with E-state index in [1.165, 1.54) is 16.7 Å². The van der Waals surface area contributed by atoms with Crippen LogP contribution in [0.5, 0.6) is 0 Å². The summed E-state index contributed by atoms with van der Waals surface area (Å²) < 4.78 is 5.88. The maximum Gasteiger partial charge on any atom is 0.338 e. The molecule has 152 valence electrons. The average Bonchev–Trinajstić information content (AvgIpc) is 3.29. The fraction of sp³-hybridized carbons (Fsp3) is 0.391. The summed E-state index contributed by atoms with van der Waals surface area (Å²) >= 11 is 3.86. The molecule has 0 unspecified atom stereocenters. The summed E-state index contributed by atoms with van der Waals surface area (Å²) in [4.78, 5) is 25.1. The van der Waals surface area contributed by atoms with Gasteiger partial charge >= 0.3 is 5.97 Å². The van der Waals surface area contributed by atoms with Crippen LogP contribution in [-0.2, 0) is 16.0 Å². The Hall–Kier alpha value is -1.92. The second-order valence-corrected chi connectivity index (χ2v) is 10.1. The Kier molecular flexibility index (Phi) is 6.50. The second-order valence-electron chi connectivity index (χ2n) is 7.40. The standard InChI is InChI=1S/C23H25NO3S2/c1-15(21(25)24-20-8-4-6-16-5-2-3-7-19(16)20)27-22(26)17-9-11-18(12-10-17)23-28-13-14-29-23/h2-3,5,7,9-12,15,20,23H,4,6,8,13-14H2,1H3,(H,24,25)/t15-,20+/m1/s1. The number of benzene rings is 2. The highest BCUT2D eigenvalue weighted by atomic mass is 32.2. The van der Waals surface area contributed by atoms with Gasteiger partial charge in [-0.05, 0) is 55.0 Å². The quantitative estimate of drug-likeness (QED) is 0.688. The number of fused-ring (bicyclic) bond motifs is 1. The Bertz CT molecular complexity index is 878. The second kappa shape index (κ2) is 9.26. The van der Waals surface area contributed by atoms with Crippen molar-refractivity contribution >= 4 is 35.4 Å². The number of nitrogens with one attached hydrogen (secondary N) is 1. The molecule has 0 saturated carbocycles. The first kappa shape index (κ1) is 20.4. The van der Waals surface area contributed by atoms with Crippen LogP contribution < -0.4 is 5.32 Å². The molecule has 0 aromatic heterocycles. The molecular weight excluding hydrogens is 402 g/mol. The Morgan fingerprint density at radius 3 is 2.55 bits per heavy atom. The van der Waals surface area contributed by atoms with E-state index >= 15 is 0 Å². The van der Waals surface area contributed by atoms with Gasteiger partial charge in [0.1, 0.15) is 0 Å². The van der Waals surface area contributed by atoms with Gasteiger partial charge in [0.15, 0.2) is 6.10 Å². The highest BCUT2D eigenvalue weighted by molar-refractivity contribution is 8.19. The van der Waals surface area contributed by atoms with Crippen LogP contribution in [0.4, 0.5) is 0 Å². The van der Waals surface area contributed by atoms with Crippen molar-refractivity contribution in [3.05, 3.63) is 70.8 Å². The van der Waals surface area contributed by atoms with Crippen LogP contribution in [0.1, 0.15) is 57.4 Å². The Morgan fingerprint density at radius 1 is 1.07 bits per heavy atom. The lowest BCUT2D eigenvalue weighted by Gasteiger charge is -2.27. The summed E-state index contributed by atoms with van der Waals surface area (Å²) in [6.07, 6.45) is 2.15. The number of esters is 1. The van der Waals surface area contributed by atoms with Crippen molar-refractivity contribution in [2.75, 3.05) is 11.5 Å². The molecule has 2 aromatic rings. The average molecular weight is 428 g/mol. The summed E-state index contributed by atoms with van der Waals surface area (Å²) in [5.41, 5.74) is 4.15. The molecule has 0 radical (unpaired) electrons. The molecular formula is C23H25NO3S2. The minimum Gasteiger partial charge on any atom is -0.449 e. The van der Waals surface area contributed by atoms with Crippen molar-refractivity contribution in [3.8, 4) is 0 Å². The summed E-state index contributed by atoms with van der Waals surface area (Å²) in [6, 6.07) is 15.7. The molecule has 4 nitrogen and oxygen atoms in total. The summed E-state index contributed by atoms with van der Waals surface area (Å²) in [5.74, 6) is 1.61. The number of hydrogen-bond acceptors (Lipinski definition) is 5. The maximum absolute atomic E-state index is 12.6. The van der Waals surface area contributed by atoms with Gasteiger partial charge in [-0.1, -0.05) is 36.4 Å². The lowest BCUT2D eigenvalue weighted by molar-refractivity contribution is -0.130. The van der Waals surface area contributed by atoms with Crippen LogP contribution in [0.3, 0.4) is 0 Å². The van der Waals surface area contributed by atoms with Crippen LogP contribution in [0.15, 0.2) is 48.5 Å². The number of hydrogen-bond donors (Lipinski definition) is 1. The van der Waals surface area contributed by atoms with Crippen LogP contribution in [0, 0.1) is 0 Å². The highest BCUT2D eigenvalue weighted by Gasteiger charge is 2.26. The largest absolute Gasteiger partial charge is 0.449 e. The normalized spacial score (nSPS) is 20.0. The minimum atomic E-state index is -0.836. The van der Waals surface area contributed by atoms with E-state index in [-0.39, 0.29) is 11.9 Å². The van der Waals surface area contributed by atoms with Crippen molar-refractivity contribution in [2.45, 2.75) is 42.9 Å². The number of carbonyl (C=O) groups excluding carboxylic acids is 2. The number of rotatable bonds is 5. The molecule has 2 aromatic carbocycles. The van der Waals surface area contributed by atoms with Crippen LogP contribution in [-0.4, -0.2) is 29.5 Å². The molecule has 29 heavy (non-hydrogen) atoms. The first-order chi connectivity index (χ1) is 14.1. The third kappa shape index (κ3) is 4.81. The summed E-state index contributed by atoms with van der Waals surface area (Å²) in [7, 11) is 0. The zero-order valence-electron chi connectivity index (χ0n) is 16.4. The molecule has 0 bridgehead atoms. The molecule has 1 amide bonds. The topological polar surface area (TPSA) is 55.4 Å². The van der Waals surface area contributed by atoms with E-state index in [0.717, 1.165) is 30.8 Å². The van der Waals surface area contributed by atoms with E-state index < -0.39 is 12.1 Å². The number of ether oxygens (including phenoxy) is 1. The zero-order valence-corrected chi connectivity index (χ0v) is 18.1. The van der Waals surface area contributed by atoms with Crippen molar-refractivity contribution in [3.63, 3.8) is 0 Å². The number of aryl methyl sites for hydroxylation is 1. The molecule has 4 rings (SSSR count). The first-order valence-corrected chi connectivity index (χ1v) is 12.1. The lowest BCUT2D eigenvalue weighted by atomic mass is 9.87. The summed E-state index contributed by atoms with van der Waals surface area (Å²) in [6.45, 7) is 1.63. The lowest BCUT2D eigenvalue weighted by Crippen LogP contribution is -2.39. The van der Waals surface area contributed by atoms with Crippen LogP contribution in [0.25, 0.3) is 0 Å². The zero-order chi connectivity index (χ0) is 20.2. The van der Waals surface area contributed by atoms with Crippen LogP contribution in [0.2, 0.25) is 0 Å². The molecule has 1 saturated heterocycles. The Labute approximate surface area is 180 Å². The van der Waals surface area contributed by atoms with E-state index in [1.807, 2.05) is 47.8 Å². The molecule has 2 aliphatic rings. The van der Waals surface area contributed by atoms with Crippen LogP contribution >= 0.6 is 23.5 Å². The van der Waals surface area contributed by atoms with Crippen molar-refractivity contribution in [2.24, 2.45) is 0 Å². The number of amides is 1. The predicted molar refractivity (Wildman–Crippen MR) is 119 cm³/mol. The van der Waals surface area contributed by atoms with Gasteiger partial charge < -0.3 is 10.1 Å². The fourth-order valence-electron chi connectivity index (χ4n) is 3.80.